The van der Waals surface area contributed by atoms with Crippen molar-refractivity contribution < 1.29 is 42.6 Å². The minimum Gasteiger partial charge on any atom is -0.507 e. The Hall–Kier alpha value is -3.12. The Morgan fingerprint density at radius 2 is 1.81 bits per heavy atom. The van der Waals surface area contributed by atoms with E-state index in [2.05, 4.69) is 4.72 Å². The van der Waals surface area contributed by atoms with Crippen LogP contribution in [-0.4, -0.2) is 59.5 Å². The van der Waals surface area contributed by atoms with Crippen molar-refractivity contribution in [3.8, 4) is 5.75 Å². The third-order valence-corrected chi connectivity index (χ3v) is 7.17. The van der Waals surface area contributed by atoms with Gasteiger partial charge >= 0.3 is 0 Å². The van der Waals surface area contributed by atoms with Crippen LogP contribution in [0.3, 0.4) is 0 Å². The summed E-state index contributed by atoms with van der Waals surface area (Å²) in [5, 5.41) is 21.4. The van der Waals surface area contributed by atoms with Gasteiger partial charge in [0.05, 0.1) is 23.4 Å². The zero-order valence-electron chi connectivity index (χ0n) is 16.8. The summed E-state index contributed by atoms with van der Waals surface area (Å²) < 4.78 is 25.7. The molecule has 0 aliphatic heterocycles. The topological polar surface area (TPSA) is 198 Å². The number of anilines is 1. The van der Waals surface area contributed by atoms with Crippen LogP contribution in [0.5, 0.6) is 5.75 Å². The lowest BCUT2D eigenvalue weighted by Gasteiger charge is -2.48. The number of phenols is 1. The third kappa shape index (κ3) is 3.05. The van der Waals surface area contributed by atoms with Gasteiger partial charge in [-0.3, -0.25) is 28.7 Å². The number of amides is 1. The molecule has 2 fully saturated rings. The molecule has 3 aliphatic rings. The fourth-order valence-electron chi connectivity index (χ4n) is 5.26. The molecule has 5 N–H and O–H groups in total. The molecule has 1 aromatic carbocycles. The number of aliphatic hydroxyl groups is 1. The van der Waals surface area contributed by atoms with Crippen LogP contribution in [0.15, 0.2) is 12.1 Å². The summed E-state index contributed by atoms with van der Waals surface area (Å²) in [5.74, 6) is -11.3. The zero-order chi connectivity index (χ0) is 23.7. The summed E-state index contributed by atoms with van der Waals surface area (Å²) in [6.07, 6.45) is 0.381. The predicted molar refractivity (Wildman–Crippen MR) is 107 cm³/mol. The van der Waals surface area contributed by atoms with Gasteiger partial charge in [0.25, 0.3) is 0 Å². The first kappa shape index (κ1) is 22.1. The molecule has 0 spiro atoms. The molecule has 2 saturated carbocycles. The quantitative estimate of drug-likeness (QED) is 0.310. The fraction of sp³-hybridized carbons (Fsp3) is 0.450. The molecule has 2 unspecified atom stereocenters. The predicted octanol–water partition coefficient (Wildman–Crippen LogP) is -1.30. The molecule has 5 atom stereocenters. The Balaban J connectivity index is 1.82. The second kappa shape index (κ2) is 6.94. The minimum absolute atomic E-state index is 0.0159. The Morgan fingerprint density at radius 1 is 1.16 bits per heavy atom. The Bertz CT molecular complexity index is 1220. The van der Waals surface area contributed by atoms with Crippen LogP contribution in [0.4, 0.5) is 5.69 Å². The van der Waals surface area contributed by atoms with E-state index in [1.807, 2.05) is 0 Å². The lowest BCUT2D eigenvalue weighted by Crippen LogP contribution is -2.68. The first-order valence-corrected chi connectivity index (χ1v) is 11.7. The van der Waals surface area contributed by atoms with Crippen molar-refractivity contribution in [2.24, 2.45) is 29.4 Å². The second-order valence-electron chi connectivity index (χ2n) is 8.60. The Morgan fingerprint density at radius 3 is 2.41 bits per heavy atom. The first-order chi connectivity index (χ1) is 14.8. The number of Topliss-reactive ketones (excluding diaryl/α,β-unsaturated/α-hetero) is 4. The van der Waals surface area contributed by atoms with Gasteiger partial charge in [-0.05, 0) is 36.5 Å². The maximum Gasteiger partial charge on any atom is 0.235 e. The number of carbonyl (C=O) groups is 5. The van der Waals surface area contributed by atoms with E-state index in [1.54, 1.807) is 0 Å². The summed E-state index contributed by atoms with van der Waals surface area (Å²) in [4.78, 5) is 63.3. The molecular weight excluding hydrogens is 444 g/mol. The Kier molecular flexibility index (Phi) is 4.79. The van der Waals surface area contributed by atoms with Gasteiger partial charge in [-0.15, -0.1) is 0 Å². The van der Waals surface area contributed by atoms with Crippen molar-refractivity contribution in [2.75, 3.05) is 11.0 Å². The molecule has 4 rings (SSSR count). The van der Waals surface area contributed by atoms with Crippen molar-refractivity contribution in [3.63, 3.8) is 0 Å². The number of benzene rings is 1. The number of fused-ring (bicyclic) bond motifs is 3. The smallest absolute Gasteiger partial charge is 0.235 e. The van der Waals surface area contributed by atoms with E-state index in [1.165, 1.54) is 6.07 Å². The minimum atomic E-state index is -3.72. The molecule has 11 nitrogen and oxygen atoms in total. The maximum absolute atomic E-state index is 13.3. The Labute approximate surface area is 182 Å². The van der Waals surface area contributed by atoms with Crippen LogP contribution in [-0.2, 0) is 35.6 Å². The van der Waals surface area contributed by atoms with Crippen molar-refractivity contribution in [1.82, 2.24) is 0 Å². The number of carbonyl (C=O) groups excluding carboxylic acids is 5. The van der Waals surface area contributed by atoms with Gasteiger partial charge in [-0.25, -0.2) is 8.42 Å². The number of rotatable bonds is 3. The third-order valence-electron chi connectivity index (χ3n) is 6.58. The molecule has 12 heteroatoms. The lowest BCUT2D eigenvalue weighted by atomic mass is 9.54. The van der Waals surface area contributed by atoms with Crippen molar-refractivity contribution in [2.45, 2.75) is 24.9 Å². The molecule has 0 aromatic heterocycles. The van der Waals surface area contributed by atoms with E-state index in [4.69, 9.17) is 5.73 Å². The molecule has 0 radical (unpaired) electrons. The van der Waals surface area contributed by atoms with Crippen molar-refractivity contribution in [3.05, 3.63) is 23.3 Å². The number of nitrogens with two attached hydrogens (primary N) is 1. The number of hydrogen-bond donors (Lipinski definition) is 4. The van der Waals surface area contributed by atoms with Crippen LogP contribution in [0.2, 0.25) is 0 Å². The summed E-state index contributed by atoms with van der Waals surface area (Å²) in [6.45, 7) is 0. The molecule has 0 saturated heterocycles. The standard InChI is InChI=1S/C20H20N2O9S/c1-32(30,31)22-10-2-3-11(23)14-9(10)5-7-4-8-6-12(24)15(19(21)28)18(27)20(8,29)17(26)13(7)16(14)25/h2-3,7-8,13,15,22-23,29H,4-6H2,1H3,(H2,21,28)/t7-,8+,13?,15?,20+/m1/s1. The highest BCUT2D eigenvalue weighted by Crippen LogP contribution is 2.50. The molecule has 1 amide bonds. The van der Waals surface area contributed by atoms with Crippen LogP contribution in [0, 0.1) is 23.7 Å². The number of primary amides is 1. The van der Waals surface area contributed by atoms with E-state index in [0.29, 0.717) is 0 Å². The van der Waals surface area contributed by atoms with Gasteiger partial charge in [0.1, 0.15) is 5.75 Å². The normalized spacial score (nSPS) is 32.1. The molecule has 3 aliphatic carbocycles. The van der Waals surface area contributed by atoms with Gasteiger partial charge in [0, 0.05) is 12.3 Å². The number of nitrogens with one attached hydrogen (secondary N) is 1. The summed E-state index contributed by atoms with van der Waals surface area (Å²) in [5.41, 5.74) is 2.37. The summed E-state index contributed by atoms with van der Waals surface area (Å²) in [6, 6.07) is 2.39. The van der Waals surface area contributed by atoms with E-state index in [9.17, 15) is 42.6 Å². The lowest BCUT2D eigenvalue weighted by molar-refractivity contribution is -0.175. The largest absolute Gasteiger partial charge is 0.507 e. The van der Waals surface area contributed by atoms with Gasteiger partial charge in [0.2, 0.25) is 15.9 Å². The number of phenolic OH excluding ortho intramolecular Hbond substituents is 1. The molecule has 0 bridgehead atoms. The molecule has 170 valence electrons. The van der Waals surface area contributed by atoms with Gasteiger partial charge in [0.15, 0.2) is 34.7 Å². The van der Waals surface area contributed by atoms with E-state index in [-0.39, 0.29) is 29.7 Å². The monoisotopic (exact) mass is 464 g/mol. The molecular formula is C20H20N2O9S. The molecule has 1 aromatic rings. The summed E-state index contributed by atoms with van der Waals surface area (Å²) >= 11 is 0. The van der Waals surface area contributed by atoms with Gasteiger partial charge in [-0.1, -0.05) is 0 Å². The van der Waals surface area contributed by atoms with Gasteiger partial charge in [-0.2, -0.15) is 0 Å². The SMILES string of the molecule is CS(=O)(=O)Nc1ccc(O)c2c1C[C@H]1C[C@H]3CC(=O)C(C(N)=O)C(=O)[C@@]3(O)C(=O)C1C2=O. The highest BCUT2D eigenvalue weighted by atomic mass is 32.2. The number of hydrogen-bond acceptors (Lipinski definition) is 9. The number of sulfonamides is 1. The highest BCUT2D eigenvalue weighted by molar-refractivity contribution is 7.92. The average molecular weight is 464 g/mol. The number of aromatic hydroxyl groups is 1. The van der Waals surface area contributed by atoms with Crippen LogP contribution < -0.4 is 10.5 Å². The summed E-state index contributed by atoms with van der Waals surface area (Å²) in [7, 11) is -3.72. The van der Waals surface area contributed by atoms with Crippen molar-refractivity contribution in [1.29, 1.82) is 0 Å². The average Bonchev–Trinajstić information content (AvgIpc) is 2.65. The highest BCUT2D eigenvalue weighted by Gasteiger charge is 2.66. The van der Waals surface area contributed by atoms with Crippen LogP contribution in [0.1, 0.15) is 28.8 Å². The second-order valence-corrected chi connectivity index (χ2v) is 10.3. The zero-order valence-corrected chi connectivity index (χ0v) is 17.6. The maximum atomic E-state index is 13.3. The van der Waals surface area contributed by atoms with Crippen LogP contribution in [0.25, 0.3) is 0 Å². The van der Waals surface area contributed by atoms with Gasteiger partial charge < -0.3 is 15.9 Å². The molecule has 32 heavy (non-hydrogen) atoms. The molecule has 0 heterocycles. The van der Waals surface area contributed by atoms with E-state index >= 15 is 0 Å². The van der Waals surface area contributed by atoms with Crippen molar-refractivity contribution >= 4 is 44.8 Å². The number of ketones is 4. The van der Waals surface area contributed by atoms with Crippen LogP contribution >= 0.6 is 0 Å². The first-order valence-electron chi connectivity index (χ1n) is 9.77. The van der Waals surface area contributed by atoms with E-state index in [0.717, 1.165) is 12.3 Å². The fourth-order valence-corrected chi connectivity index (χ4v) is 5.85. The van der Waals surface area contributed by atoms with E-state index < -0.39 is 80.5 Å².